The number of rotatable bonds is 2. The van der Waals surface area contributed by atoms with E-state index >= 15 is 0 Å². The van der Waals surface area contributed by atoms with Crippen LogP contribution in [0, 0.1) is 0 Å². The van der Waals surface area contributed by atoms with E-state index in [4.69, 9.17) is 5.73 Å². The van der Waals surface area contributed by atoms with E-state index in [-0.39, 0.29) is 6.10 Å². The maximum atomic E-state index is 9.38. The van der Waals surface area contributed by atoms with E-state index in [0.29, 0.717) is 6.04 Å². The summed E-state index contributed by atoms with van der Waals surface area (Å²) < 4.78 is 0. The third-order valence-corrected chi connectivity index (χ3v) is 2.73. The molecule has 0 aromatic heterocycles. The normalized spacial score (nSPS) is 26.4. The molecule has 2 atom stereocenters. The third kappa shape index (κ3) is 1.99. The highest BCUT2D eigenvalue weighted by Gasteiger charge is 2.22. The number of aliphatic hydroxyl groups excluding tert-OH is 1. The van der Waals surface area contributed by atoms with Crippen molar-refractivity contribution < 1.29 is 5.11 Å². The lowest BCUT2D eigenvalue weighted by Gasteiger charge is -2.15. The number of para-hydroxylation sites is 2. The van der Waals surface area contributed by atoms with Crippen LogP contribution in [0.5, 0.6) is 0 Å². The molecule has 1 aromatic rings. The zero-order chi connectivity index (χ0) is 9.97. The molecule has 2 rings (SSSR count). The topological polar surface area (TPSA) is 58.3 Å². The van der Waals surface area contributed by atoms with Crippen molar-refractivity contribution in [3.63, 3.8) is 0 Å². The first-order chi connectivity index (χ1) is 6.75. The van der Waals surface area contributed by atoms with Gasteiger partial charge in [0.25, 0.3) is 0 Å². The predicted octanol–water partition coefficient (Wildman–Crippen LogP) is 1.59. The zero-order valence-electron chi connectivity index (χ0n) is 8.11. The fourth-order valence-corrected chi connectivity index (χ4v) is 1.94. The fraction of sp³-hybridized carbons (Fsp3) is 0.455. The summed E-state index contributed by atoms with van der Waals surface area (Å²) >= 11 is 0. The largest absolute Gasteiger partial charge is 0.397 e. The van der Waals surface area contributed by atoms with Crippen molar-refractivity contribution in [2.75, 3.05) is 11.1 Å². The van der Waals surface area contributed by atoms with Crippen LogP contribution in [0.25, 0.3) is 0 Å². The van der Waals surface area contributed by atoms with E-state index in [1.807, 2.05) is 24.3 Å². The van der Waals surface area contributed by atoms with Gasteiger partial charge in [0.15, 0.2) is 0 Å². The van der Waals surface area contributed by atoms with Crippen LogP contribution in [0.4, 0.5) is 11.4 Å². The van der Waals surface area contributed by atoms with Crippen molar-refractivity contribution in [3.05, 3.63) is 24.3 Å². The first-order valence-electron chi connectivity index (χ1n) is 5.05. The molecule has 4 N–H and O–H groups in total. The molecular weight excluding hydrogens is 176 g/mol. The van der Waals surface area contributed by atoms with Crippen molar-refractivity contribution in [2.24, 2.45) is 0 Å². The smallest absolute Gasteiger partial charge is 0.0576 e. The number of nitrogen functional groups attached to an aromatic ring is 1. The van der Waals surface area contributed by atoms with Gasteiger partial charge in [-0.3, -0.25) is 0 Å². The molecule has 0 bridgehead atoms. The molecule has 0 aliphatic heterocycles. The molecule has 0 radical (unpaired) electrons. The minimum atomic E-state index is -0.141. The van der Waals surface area contributed by atoms with E-state index in [2.05, 4.69) is 5.32 Å². The number of nitrogens with two attached hydrogens (primary N) is 1. The first-order valence-corrected chi connectivity index (χ1v) is 5.05. The summed E-state index contributed by atoms with van der Waals surface area (Å²) in [7, 11) is 0. The van der Waals surface area contributed by atoms with Gasteiger partial charge in [0, 0.05) is 6.04 Å². The van der Waals surface area contributed by atoms with Gasteiger partial charge in [0.05, 0.1) is 17.5 Å². The summed E-state index contributed by atoms with van der Waals surface area (Å²) in [6, 6.07) is 8.11. The molecule has 0 unspecified atom stereocenters. The lowest BCUT2D eigenvalue weighted by Crippen LogP contribution is -2.17. The maximum Gasteiger partial charge on any atom is 0.0576 e. The molecular formula is C11H16N2O. The maximum absolute atomic E-state index is 9.38. The number of anilines is 2. The lowest BCUT2D eigenvalue weighted by molar-refractivity contribution is 0.182. The predicted molar refractivity (Wildman–Crippen MR) is 58.1 cm³/mol. The van der Waals surface area contributed by atoms with Crippen LogP contribution in [0.3, 0.4) is 0 Å². The van der Waals surface area contributed by atoms with E-state index < -0.39 is 0 Å². The lowest BCUT2D eigenvalue weighted by atomic mass is 10.2. The Bertz CT molecular complexity index is 314. The molecule has 14 heavy (non-hydrogen) atoms. The fourth-order valence-electron chi connectivity index (χ4n) is 1.94. The first kappa shape index (κ1) is 9.34. The van der Waals surface area contributed by atoms with Gasteiger partial charge in [-0.1, -0.05) is 12.1 Å². The SMILES string of the molecule is Nc1ccccc1N[C@H]1CC[C@H](O)C1. The van der Waals surface area contributed by atoms with Gasteiger partial charge in [-0.25, -0.2) is 0 Å². The second kappa shape index (κ2) is 3.88. The zero-order valence-corrected chi connectivity index (χ0v) is 8.11. The van der Waals surface area contributed by atoms with Crippen molar-refractivity contribution in [1.29, 1.82) is 0 Å². The van der Waals surface area contributed by atoms with Crippen molar-refractivity contribution >= 4 is 11.4 Å². The summed E-state index contributed by atoms with van der Waals surface area (Å²) in [5, 5.41) is 12.7. The van der Waals surface area contributed by atoms with Gasteiger partial charge in [-0.05, 0) is 31.4 Å². The third-order valence-electron chi connectivity index (χ3n) is 2.73. The number of benzene rings is 1. The Morgan fingerprint density at radius 2 is 2.07 bits per heavy atom. The summed E-state index contributed by atoms with van der Waals surface area (Å²) in [5.41, 5.74) is 7.56. The number of aliphatic hydroxyl groups is 1. The second-order valence-corrected chi connectivity index (χ2v) is 3.90. The number of hydrogen-bond donors (Lipinski definition) is 3. The Balaban J connectivity index is 2.01. The van der Waals surface area contributed by atoms with Crippen LogP contribution in [-0.4, -0.2) is 17.3 Å². The van der Waals surface area contributed by atoms with Gasteiger partial charge in [-0.15, -0.1) is 0 Å². The van der Waals surface area contributed by atoms with Crippen LogP contribution in [0.15, 0.2) is 24.3 Å². The molecule has 0 spiro atoms. The molecule has 3 nitrogen and oxygen atoms in total. The molecule has 1 aliphatic carbocycles. The Morgan fingerprint density at radius 3 is 2.71 bits per heavy atom. The Hall–Kier alpha value is -1.22. The van der Waals surface area contributed by atoms with Crippen LogP contribution in [0.2, 0.25) is 0 Å². The van der Waals surface area contributed by atoms with E-state index in [9.17, 15) is 5.11 Å². The summed E-state index contributed by atoms with van der Waals surface area (Å²) in [6.45, 7) is 0. The Kier molecular flexibility index (Phi) is 2.59. The number of hydrogen-bond acceptors (Lipinski definition) is 3. The second-order valence-electron chi connectivity index (χ2n) is 3.90. The molecule has 0 amide bonds. The van der Waals surface area contributed by atoms with E-state index in [1.165, 1.54) is 0 Å². The van der Waals surface area contributed by atoms with Gasteiger partial charge >= 0.3 is 0 Å². The molecule has 1 aliphatic rings. The van der Waals surface area contributed by atoms with Crippen LogP contribution >= 0.6 is 0 Å². The van der Waals surface area contributed by atoms with Crippen LogP contribution in [0.1, 0.15) is 19.3 Å². The standard InChI is InChI=1S/C11H16N2O/c12-10-3-1-2-4-11(10)13-8-5-6-9(14)7-8/h1-4,8-9,13-14H,5-7,12H2/t8-,9-/m0/s1. The van der Waals surface area contributed by atoms with Gasteiger partial charge < -0.3 is 16.2 Å². The van der Waals surface area contributed by atoms with Gasteiger partial charge in [0.1, 0.15) is 0 Å². The van der Waals surface area contributed by atoms with Crippen LogP contribution < -0.4 is 11.1 Å². The van der Waals surface area contributed by atoms with Crippen molar-refractivity contribution in [3.8, 4) is 0 Å². The highest BCUT2D eigenvalue weighted by molar-refractivity contribution is 5.66. The van der Waals surface area contributed by atoms with Crippen LogP contribution in [-0.2, 0) is 0 Å². The number of nitrogens with one attached hydrogen (secondary N) is 1. The summed E-state index contributed by atoms with van der Waals surface area (Å²) in [4.78, 5) is 0. The van der Waals surface area contributed by atoms with Gasteiger partial charge in [0.2, 0.25) is 0 Å². The average molecular weight is 192 g/mol. The highest BCUT2D eigenvalue weighted by Crippen LogP contribution is 2.25. The molecule has 1 saturated carbocycles. The molecule has 0 heterocycles. The Morgan fingerprint density at radius 1 is 1.29 bits per heavy atom. The molecule has 76 valence electrons. The summed E-state index contributed by atoms with van der Waals surface area (Å²) in [6.07, 6.45) is 2.60. The highest BCUT2D eigenvalue weighted by atomic mass is 16.3. The van der Waals surface area contributed by atoms with Crippen molar-refractivity contribution in [1.82, 2.24) is 0 Å². The molecule has 1 aromatic carbocycles. The van der Waals surface area contributed by atoms with E-state index in [1.54, 1.807) is 0 Å². The van der Waals surface area contributed by atoms with E-state index in [0.717, 1.165) is 30.6 Å². The Labute approximate surface area is 83.9 Å². The minimum absolute atomic E-state index is 0.141. The average Bonchev–Trinajstić information content (AvgIpc) is 2.56. The van der Waals surface area contributed by atoms with Gasteiger partial charge in [-0.2, -0.15) is 0 Å². The quantitative estimate of drug-likeness (QED) is 0.624. The monoisotopic (exact) mass is 192 g/mol. The summed E-state index contributed by atoms with van der Waals surface area (Å²) in [5.74, 6) is 0. The molecule has 0 saturated heterocycles. The minimum Gasteiger partial charge on any atom is -0.397 e. The van der Waals surface area contributed by atoms with Crippen molar-refractivity contribution in [2.45, 2.75) is 31.4 Å². The molecule has 3 heteroatoms. The molecule has 1 fully saturated rings.